The van der Waals surface area contributed by atoms with Crippen molar-refractivity contribution in [3.8, 4) is 0 Å². The molecule has 26 heavy (non-hydrogen) atoms. The maximum absolute atomic E-state index is 13.2. The number of carbonyl (C=O) groups is 2. The van der Waals surface area contributed by atoms with E-state index in [2.05, 4.69) is 6.58 Å². The van der Waals surface area contributed by atoms with Crippen molar-refractivity contribution < 1.29 is 19.4 Å². The molecule has 2 aromatic carbocycles. The summed E-state index contributed by atoms with van der Waals surface area (Å²) in [7, 11) is 0. The molecule has 0 aromatic heterocycles. The average Bonchev–Trinajstić information content (AvgIpc) is 2.98. The van der Waals surface area contributed by atoms with Gasteiger partial charge in [0.1, 0.15) is 0 Å². The van der Waals surface area contributed by atoms with Gasteiger partial charge in [0.05, 0.1) is 0 Å². The van der Waals surface area contributed by atoms with Gasteiger partial charge in [0.2, 0.25) is 6.23 Å². The number of cyclic esters (lactones) is 1. The molecule has 1 aliphatic rings. The summed E-state index contributed by atoms with van der Waals surface area (Å²) in [4.78, 5) is 26.6. The van der Waals surface area contributed by atoms with Crippen LogP contribution in [0.3, 0.4) is 0 Å². The zero-order valence-electron chi connectivity index (χ0n) is 14.5. The van der Waals surface area contributed by atoms with Gasteiger partial charge in [-0.25, -0.2) is 14.5 Å². The molecule has 1 saturated heterocycles. The molecule has 1 heterocycles. The van der Waals surface area contributed by atoms with Gasteiger partial charge in [-0.05, 0) is 12.0 Å². The first kappa shape index (κ1) is 17.7. The Balaban J connectivity index is 2.26. The van der Waals surface area contributed by atoms with Crippen molar-refractivity contribution in [1.82, 2.24) is 4.90 Å². The molecule has 0 bridgehead atoms. The summed E-state index contributed by atoms with van der Waals surface area (Å²) in [5.74, 6) is -1.01. The van der Waals surface area contributed by atoms with Crippen molar-refractivity contribution in [1.29, 1.82) is 0 Å². The van der Waals surface area contributed by atoms with Gasteiger partial charge in [0.25, 0.3) is 0 Å². The van der Waals surface area contributed by atoms with Crippen LogP contribution in [0.1, 0.15) is 30.7 Å². The van der Waals surface area contributed by atoms with Crippen LogP contribution in [0.4, 0.5) is 4.79 Å². The SMILES string of the molecule is C=CC(CC)[C@]1(c2ccccc2)C(=O)O[C@@H](c2ccccc2)N1C(=O)O. The predicted molar refractivity (Wildman–Crippen MR) is 97.2 cm³/mol. The van der Waals surface area contributed by atoms with E-state index in [1.165, 1.54) is 0 Å². The number of carbonyl (C=O) groups excluding carboxylic acids is 1. The molecule has 0 spiro atoms. The Kier molecular flexibility index (Phi) is 4.80. The molecule has 134 valence electrons. The first-order chi connectivity index (χ1) is 12.6. The highest BCUT2D eigenvalue weighted by atomic mass is 16.6. The molecular formula is C21H21NO4. The molecule has 1 aliphatic heterocycles. The van der Waals surface area contributed by atoms with Crippen molar-refractivity contribution in [3.63, 3.8) is 0 Å². The van der Waals surface area contributed by atoms with Crippen LogP contribution in [0.15, 0.2) is 73.3 Å². The summed E-state index contributed by atoms with van der Waals surface area (Å²) >= 11 is 0. The van der Waals surface area contributed by atoms with Crippen molar-refractivity contribution in [2.75, 3.05) is 0 Å². The molecule has 3 rings (SSSR count). The maximum atomic E-state index is 13.2. The molecule has 1 amide bonds. The third-order valence-electron chi connectivity index (χ3n) is 4.91. The zero-order chi connectivity index (χ0) is 18.7. The zero-order valence-corrected chi connectivity index (χ0v) is 14.5. The van der Waals surface area contributed by atoms with Crippen LogP contribution in [-0.2, 0) is 15.1 Å². The molecule has 2 aromatic rings. The highest BCUT2D eigenvalue weighted by Gasteiger charge is 2.62. The number of hydrogen-bond donors (Lipinski definition) is 1. The van der Waals surface area contributed by atoms with E-state index in [0.717, 1.165) is 4.90 Å². The van der Waals surface area contributed by atoms with Gasteiger partial charge < -0.3 is 9.84 Å². The third-order valence-corrected chi connectivity index (χ3v) is 4.91. The largest absolute Gasteiger partial charge is 0.465 e. The molecule has 5 nitrogen and oxygen atoms in total. The van der Waals surface area contributed by atoms with Gasteiger partial charge in [-0.3, -0.25) is 0 Å². The highest BCUT2D eigenvalue weighted by molar-refractivity contribution is 5.90. The molecule has 1 N–H and O–H groups in total. The normalized spacial score (nSPS) is 23.3. The molecular weight excluding hydrogens is 330 g/mol. The number of rotatable bonds is 5. The van der Waals surface area contributed by atoms with Crippen LogP contribution in [0.2, 0.25) is 0 Å². The number of ether oxygens (including phenoxy) is 1. The van der Waals surface area contributed by atoms with Crippen LogP contribution in [0.25, 0.3) is 0 Å². The highest BCUT2D eigenvalue weighted by Crippen LogP contribution is 2.50. The fourth-order valence-electron chi connectivity index (χ4n) is 3.74. The number of hydrogen-bond acceptors (Lipinski definition) is 3. The van der Waals surface area contributed by atoms with E-state index in [-0.39, 0.29) is 0 Å². The van der Waals surface area contributed by atoms with Gasteiger partial charge in [0.15, 0.2) is 5.54 Å². The maximum Gasteiger partial charge on any atom is 0.411 e. The second-order valence-corrected chi connectivity index (χ2v) is 6.20. The summed E-state index contributed by atoms with van der Waals surface area (Å²) in [6, 6.07) is 17.8. The number of carboxylic acid groups (broad SMARTS) is 1. The average molecular weight is 351 g/mol. The lowest BCUT2D eigenvalue weighted by molar-refractivity contribution is -0.147. The Morgan fingerprint density at radius 1 is 1.23 bits per heavy atom. The van der Waals surface area contributed by atoms with E-state index in [1.807, 2.05) is 19.1 Å². The van der Waals surface area contributed by atoms with Gasteiger partial charge >= 0.3 is 12.1 Å². The first-order valence-electron chi connectivity index (χ1n) is 8.53. The lowest BCUT2D eigenvalue weighted by atomic mass is 9.75. The van der Waals surface area contributed by atoms with Crippen molar-refractivity contribution in [3.05, 3.63) is 84.4 Å². The quantitative estimate of drug-likeness (QED) is 0.643. The van der Waals surface area contributed by atoms with E-state index in [9.17, 15) is 14.7 Å². The summed E-state index contributed by atoms with van der Waals surface area (Å²) < 4.78 is 5.63. The van der Waals surface area contributed by atoms with E-state index in [0.29, 0.717) is 17.5 Å². The van der Waals surface area contributed by atoms with E-state index in [1.54, 1.807) is 54.6 Å². The fraction of sp³-hybridized carbons (Fsp3) is 0.238. The summed E-state index contributed by atoms with van der Waals surface area (Å²) in [6.07, 6.45) is -0.0413. The Bertz CT molecular complexity index is 805. The van der Waals surface area contributed by atoms with Crippen LogP contribution in [-0.4, -0.2) is 22.1 Å². The molecule has 3 atom stereocenters. The Labute approximate surface area is 152 Å². The summed E-state index contributed by atoms with van der Waals surface area (Å²) in [5, 5.41) is 10.1. The summed E-state index contributed by atoms with van der Waals surface area (Å²) in [6.45, 7) is 5.75. The van der Waals surface area contributed by atoms with Gasteiger partial charge in [-0.1, -0.05) is 73.7 Å². The van der Waals surface area contributed by atoms with Crippen LogP contribution < -0.4 is 0 Å². The second-order valence-electron chi connectivity index (χ2n) is 6.20. The topological polar surface area (TPSA) is 66.8 Å². The van der Waals surface area contributed by atoms with E-state index < -0.39 is 29.7 Å². The van der Waals surface area contributed by atoms with Gasteiger partial charge in [-0.2, -0.15) is 0 Å². The monoisotopic (exact) mass is 351 g/mol. The van der Waals surface area contributed by atoms with Crippen LogP contribution >= 0.6 is 0 Å². The van der Waals surface area contributed by atoms with Crippen molar-refractivity contribution >= 4 is 12.1 Å². The minimum absolute atomic E-state index is 0.429. The van der Waals surface area contributed by atoms with Crippen molar-refractivity contribution in [2.24, 2.45) is 5.92 Å². The Morgan fingerprint density at radius 3 is 2.31 bits per heavy atom. The molecule has 0 saturated carbocycles. The molecule has 1 unspecified atom stereocenters. The third kappa shape index (κ3) is 2.56. The number of amides is 1. The van der Waals surface area contributed by atoms with Crippen LogP contribution in [0.5, 0.6) is 0 Å². The van der Waals surface area contributed by atoms with Crippen LogP contribution in [0, 0.1) is 5.92 Å². The summed E-state index contributed by atoms with van der Waals surface area (Å²) in [5.41, 5.74) is -0.276. The van der Waals surface area contributed by atoms with Crippen molar-refractivity contribution in [2.45, 2.75) is 25.1 Å². The Hall–Kier alpha value is -3.08. The van der Waals surface area contributed by atoms with Gasteiger partial charge in [0, 0.05) is 11.5 Å². The molecule has 0 aliphatic carbocycles. The minimum atomic E-state index is -1.47. The number of esters is 1. The first-order valence-corrected chi connectivity index (χ1v) is 8.53. The second kappa shape index (κ2) is 7.04. The van der Waals surface area contributed by atoms with Gasteiger partial charge in [-0.15, -0.1) is 6.58 Å². The fourth-order valence-corrected chi connectivity index (χ4v) is 3.74. The lowest BCUT2D eigenvalue weighted by Crippen LogP contribution is -2.53. The molecule has 1 fully saturated rings. The Morgan fingerprint density at radius 2 is 1.81 bits per heavy atom. The molecule has 5 heteroatoms. The molecule has 0 radical (unpaired) electrons. The number of nitrogens with zero attached hydrogens (tertiary/aromatic N) is 1. The minimum Gasteiger partial charge on any atom is -0.465 e. The predicted octanol–water partition coefficient (Wildman–Crippen LogP) is 4.33. The smallest absolute Gasteiger partial charge is 0.411 e. The van der Waals surface area contributed by atoms with E-state index in [4.69, 9.17) is 4.74 Å². The number of benzene rings is 2. The van der Waals surface area contributed by atoms with E-state index >= 15 is 0 Å². The lowest BCUT2D eigenvalue weighted by Gasteiger charge is -2.39. The standard InChI is InChI=1S/C21H21NO4/c1-3-16(4-2)21(17-13-9-6-10-14-17)19(23)26-18(22(21)20(24)25)15-11-7-5-8-12-15/h3,5-14,16,18H,1,4H2,2H3,(H,24,25)/t16?,18-,21-/m0/s1.